The lowest BCUT2D eigenvalue weighted by Crippen LogP contribution is -2.26. The number of hydrogen-bond donors (Lipinski definition) is 1. The van der Waals surface area contributed by atoms with Gasteiger partial charge in [-0.25, -0.2) is 0 Å². The molecule has 0 aromatic heterocycles. The van der Waals surface area contributed by atoms with Gasteiger partial charge in [0.05, 0.1) is 5.60 Å². The van der Waals surface area contributed by atoms with Crippen LogP contribution in [0.15, 0.2) is 0 Å². The molecule has 0 heterocycles. The van der Waals surface area contributed by atoms with Crippen molar-refractivity contribution < 1.29 is 5.11 Å². The molecule has 1 aliphatic rings. The first-order valence-electron chi connectivity index (χ1n) is 4.35. The van der Waals surface area contributed by atoms with Crippen LogP contribution in [0.2, 0.25) is 0 Å². The fourth-order valence-electron chi connectivity index (χ4n) is 1.32. The van der Waals surface area contributed by atoms with Gasteiger partial charge in [-0.3, -0.25) is 0 Å². The number of hydrogen-bond acceptors (Lipinski definition) is 1. The van der Waals surface area contributed by atoms with Gasteiger partial charge in [-0.15, -0.1) is 0 Å². The maximum absolute atomic E-state index is 9.46. The minimum Gasteiger partial charge on any atom is -0.390 e. The van der Waals surface area contributed by atoms with E-state index >= 15 is 0 Å². The second-order valence-electron chi connectivity index (χ2n) is 3.15. The van der Waals surface area contributed by atoms with Crippen molar-refractivity contribution in [2.45, 2.75) is 52.6 Å². The zero-order valence-electron chi connectivity index (χ0n) is 7.65. The molecule has 0 amide bonds. The monoisotopic (exact) mass is 144 g/mol. The Hall–Kier alpha value is -0.0400. The first-order chi connectivity index (χ1) is 4.63. The average Bonchev–Trinajstić information content (AvgIpc) is 2.17. The molecule has 1 aliphatic carbocycles. The van der Waals surface area contributed by atoms with Crippen LogP contribution in [0.1, 0.15) is 47.0 Å². The molecule has 1 rings (SSSR count). The number of aliphatic hydroxyl groups is 1. The molecule has 1 fully saturated rings. The van der Waals surface area contributed by atoms with Crippen LogP contribution in [0, 0.1) is 5.92 Å². The van der Waals surface area contributed by atoms with E-state index in [9.17, 15) is 5.11 Å². The fraction of sp³-hybridized carbons (Fsp3) is 1.00. The average molecular weight is 144 g/mol. The van der Waals surface area contributed by atoms with E-state index in [1.54, 1.807) is 0 Å². The Morgan fingerprint density at radius 2 is 1.90 bits per heavy atom. The second kappa shape index (κ2) is 3.97. The molecule has 2 atom stereocenters. The summed E-state index contributed by atoms with van der Waals surface area (Å²) in [6, 6.07) is 0. The van der Waals surface area contributed by atoms with Crippen molar-refractivity contribution in [3.63, 3.8) is 0 Å². The molecule has 0 bridgehead atoms. The highest BCUT2D eigenvalue weighted by molar-refractivity contribution is 4.84. The quantitative estimate of drug-likeness (QED) is 0.554. The zero-order chi connectivity index (χ0) is 8.20. The van der Waals surface area contributed by atoms with E-state index in [4.69, 9.17) is 0 Å². The highest BCUT2D eigenvalue weighted by Crippen LogP contribution is 2.34. The lowest BCUT2D eigenvalue weighted by atomic mass is 9.95. The summed E-state index contributed by atoms with van der Waals surface area (Å²) in [4.78, 5) is 0. The summed E-state index contributed by atoms with van der Waals surface area (Å²) in [5, 5.41) is 9.46. The molecule has 0 aliphatic heterocycles. The van der Waals surface area contributed by atoms with Gasteiger partial charge >= 0.3 is 0 Å². The van der Waals surface area contributed by atoms with Crippen molar-refractivity contribution in [2.75, 3.05) is 0 Å². The molecular formula is C9H20O. The highest BCUT2D eigenvalue weighted by Gasteiger charge is 2.32. The summed E-state index contributed by atoms with van der Waals surface area (Å²) in [6.07, 6.45) is 3.40. The molecule has 2 unspecified atom stereocenters. The van der Waals surface area contributed by atoms with Gasteiger partial charge < -0.3 is 5.11 Å². The standard InChI is InChI=1S/C7H14O.C2H6/c1-6-4-3-5-7(6,2)8;1-2/h6,8H,3-5H2,1-2H3;1-2H3. The van der Waals surface area contributed by atoms with Crippen molar-refractivity contribution in [3.8, 4) is 0 Å². The minimum absolute atomic E-state index is 0.347. The van der Waals surface area contributed by atoms with E-state index in [1.807, 2.05) is 20.8 Å². The molecule has 1 heteroatoms. The van der Waals surface area contributed by atoms with Gasteiger partial charge in [0.2, 0.25) is 0 Å². The van der Waals surface area contributed by atoms with Gasteiger partial charge in [0, 0.05) is 0 Å². The first kappa shape index (κ1) is 9.96. The Balaban J connectivity index is 0.000000371. The third-order valence-electron chi connectivity index (χ3n) is 2.38. The molecule has 0 aromatic carbocycles. The van der Waals surface area contributed by atoms with Crippen molar-refractivity contribution in [1.29, 1.82) is 0 Å². The smallest absolute Gasteiger partial charge is 0.0645 e. The van der Waals surface area contributed by atoms with E-state index in [-0.39, 0.29) is 5.60 Å². The molecule has 1 saturated carbocycles. The van der Waals surface area contributed by atoms with Crippen LogP contribution in [-0.4, -0.2) is 10.7 Å². The van der Waals surface area contributed by atoms with E-state index in [2.05, 4.69) is 6.92 Å². The molecule has 0 aromatic rings. The Bertz CT molecular complexity index is 86.7. The van der Waals surface area contributed by atoms with Crippen molar-refractivity contribution in [3.05, 3.63) is 0 Å². The SMILES string of the molecule is CC.CC1CCCC1(C)O. The fourth-order valence-corrected chi connectivity index (χ4v) is 1.32. The third kappa shape index (κ3) is 2.30. The molecule has 1 N–H and O–H groups in total. The lowest BCUT2D eigenvalue weighted by Gasteiger charge is -2.20. The van der Waals surface area contributed by atoms with Gasteiger partial charge in [-0.05, 0) is 25.7 Å². The van der Waals surface area contributed by atoms with Gasteiger partial charge in [0.1, 0.15) is 0 Å². The summed E-state index contributed by atoms with van der Waals surface area (Å²) in [5.74, 6) is 0.516. The largest absolute Gasteiger partial charge is 0.390 e. The maximum Gasteiger partial charge on any atom is 0.0645 e. The van der Waals surface area contributed by atoms with Crippen LogP contribution in [-0.2, 0) is 0 Å². The van der Waals surface area contributed by atoms with Gasteiger partial charge in [-0.1, -0.05) is 27.2 Å². The van der Waals surface area contributed by atoms with Crippen molar-refractivity contribution in [2.24, 2.45) is 5.92 Å². The normalized spacial score (nSPS) is 38.7. The Morgan fingerprint density at radius 3 is 2.00 bits per heavy atom. The maximum atomic E-state index is 9.46. The first-order valence-corrected chi connectivity index (χ1v) is 4.35. The van der Waals surface area contributed by atoms with Gasteiger partial charge in [-0.2, -0.15) is 0 Å². The summed E-state index contributed by atoms with van der Waals surface area (Å²) in [6.45, 7) is 8.05. The van der Waals surface area contributed by atoms with Crippen molar-refractivity contribution >= 4 is 0 Å². The zero-order valence-corrected chi connectivity index (χ0v) is 7.65. The number of rotatable bonds is 0. The van der Waals surface area contributed by atoms with Crippen LogP contribution in [0.4, 0.5) is 0 Å². The third-order valence-corrected chi connectivity index (χ3v) is 2.38. The Kier molecular flexibility index (Phi) is 3.95. The topological polar surface area (TPSA) is 20.2 Å². The molecule has 0 spiro atoms. The molecular weight excluding hydrogens is 124 g/mol. The predicted octanol–water partition coefficient (Wildman–Crippen LogP) is 2.58. The van der Waals surface area contributed by atoms with E-state index < -0.39 is 0 Å². The van der Waals surface area contributed by atoms with Crippen molar-refractivity contribution in [1.82, 2.24) is 0 Å². The summed E-state index contributed by atoms with van der Waals surface area (Å²) >= 11 is 0. The van der Waals surface area contributed by atoms with Crippen LogP contribution in [0.3, 0.4) is 0 Å². The molecule has 10 heavy (non-hydrogen) atoms. The second-order valence-corrected chi connectivity index (χ2v) is 3.15. The Labute approximate surface area is 64.5 Å². The van der Waals surface area contributed by atoms with Crippen LogP contribution in [0.25, 0.3) is 0 Å². The molecule has 0 saturated heterocycles. The van der Waals surface area contributed by atoms with E-state index in [1.165, 1.54) is 12.8 Å². The summed E-state index contributed by atoms with van der Waals surface area (Å²) in [7, 11) is 0. The molecule has 62 valence electrons. The summed E-state index contributed by atoms with van der Waals surface area (Å²) < 4.78 is 0. The van der Waals surface area contributed by atoms with Gasteiger partial charge in [0.25, 0.3) is 0 Å². The van der Waals surface area contributed by atoms with Crippen LogP contribution < -0.4 is 0 Å². The highest BCUT2D eigenvalue weighted by atomic mass is 16.3. The van der Waals surface area contributed by atoms with E-state index in [0.29, 0.717) is 5.92 Å². The van der Waals surface area contributed by atoms with E-state index in [0.717, 1.165) is 6.42 Å². The predicted molar refractivity (Wildman–Crippen MR) is 45.0 cm³/mol. The van der Waals surface area contributed by atoms with Crippen LogP contribution in [0.5, 0.6) is 0 Å². The Morgan fingerprint density at radius 1 is 1.40 bits per heavy atom. The molecule has 0 radical (unpaired) electrons. The van der Waals surface area contributed by atoms with Gasteiger partial charge in [0.15, 0.2) is 0 Å². The lowest BCUT2D eigenvalue weighted by molar-refractivity contribution is 0.0284. The van der Waals surface area contributed by atoms with Crippen LogP contribution >= 0.6 is 0 Å². The summed E-state index contributed by atoms with van der Waals surface area (Å²) in [5.41, 5.74) is -0.347. The molecule has 1 nitrogen and oxygen atoms in total. The minimum atomic E-state index is -0.347.